The van der Waals surface area contributed by atoms with Crippen LogP contribution < -0.4 is 15.6 Å². The number of esters is 1. The van der Waals surface area contributed by atoms with Gasteiger partial charge in [-0.1, -0.05) is 46.9 Å². The van der Waals surface area contributed by atoms with Gasteiger partial charge in [0.15, 0.2) is 6.10 Å². The van der Waals surface area contributed by atoms with Crippen molar-refractivity contribution < 1.29 is 24.2 Å². The zero-order valence-corrected chi connectivity index (χ0v) is 21.8. The number of aliphatic hydroxyl groups excluding tert-OH is 1. The first-order valence-electron chi connectivity index (χ1n) is 11.0. The number of amides is 2. The van der Waals surface area contributed by atoms with E-state index in [-0.39, 0.29) is 31.1 Å². The Kier molecular flexibility index (Phi) is 9.56. The van der Waals surface area contributed by atoms with E-state index in [0.29, 0.717) is 20.8 Å². The number of nitrogens with one attached hydrogen (secondary N) is 2. The van der Waals surface area contributed by atoms with Gasteiger partial charge in [-0.15, -0.1) is 0 Å². The minimum absolute atomic E-state index is 0.0224. The molecule has 192 valence electrons. The summed E-state index contributed by atoms with van der Waals surface area (Å²) in [7, 11) is 1.16. The van der Waals surface area contributed by atoms with Gasteiger partial charge in [-0.2, -0.15) is 5.10 Å². The van der Waals surface area contributed by atoms with E-state index in [1.54, 1.807) is 35.3 Å². The Morgan fingerprint density at radius 2 is 1.81 bits per heavy atom. The summed E-state index contributed by atoms with van der Waals surface area (Å²) >= 11 is 18.5. The number of benzene rings is 2. The quantitative estimate of drug-likeness (QED) is 0.408. The van der Waals surface area contributed by atoms with Crippen LogP contribution in [0.5, 0.6) is 0 Å². The number of hydrogen-bond acceptors (Lipinski definition) is 7. The molecule has 0 radical (unpaired) electrons. The van der Waals surface area contributed by atoms with Crippen LogP contribution in [0.1, 0.15) is 31.4 Å². The maximum Gasteiger partial charge on any atom is 0.334 e. The normalized spacial score (nSPS) is 16.7. The number of hydrogen-bond donors (Lipinski definition) is 3. The molecule has 3 atom stereocenters. The number of aliphatic hydroxyl groups is 1. The number of carbonyl (C=O) groups excluding carboxylic acids is 3. The van der Waals surface area contributed by atoms with Crippen molar-refractivity contribution in [1.29, 1.82) is 0 Å². The lowest BCUT2D eigenvalue weighted by Gasteiger charge is -2.25. The maximum absolute atomic E-state index is 13.0. The van der Waals surface area contributed by atoms with Crippen LogP contribution in [0.2, 0.25) is 15.1 Å². The van der Waals surface area contributed by atoms with Gasteiger partial charge in [-0.25, -0.2) is 4.79 Å². The molecule has 36 heavy (non-hydrogen) atoms. The van der Waals surface area contributed by atoms with Crippen LogP contribution in [0.15, 0.2) is 47.6 Å². The van der Waals surface area contributed by atoms with Crippen molar-refractivity contribution in [3.63, 3.8) is 0 Å². The summed E-state index contributed by atoms with van der Waals surface area (Å²) in [6.45, 7) is 1.54. The van der Waals surface area contributed by atoms with Gasteiger partial charge in [0, 0.05) is 29.4 Å². The summed E-state index contributed by atoms with van der Waals surface area (Å²) < 4.78 is 4.43. The van der Waals surface area contributed by atoms with E-state index in [1.807, 2.05) is 12.1 Å². The number of halogens is 3. The molecule has 3 rings (SSSR count). The molecule has 3 N–H and O–H groups in total. The minimum Gasteiger partial charge on any atom is -0.467 e. The van der Waals surface area contributed by atoms with E-state index in [0.717, 1.165) is 12.7 Å². The molecule has 2 amide bonds. The van der Waals surface area contributed by atoms with Crippen LogP contribution in [0.3, 0.4) is 0 Å². The molecule has 0 aromatic heterocycles. The monoisotopic (exact) mass is 554 g/mol. The first kappa shape index (κ1) is 27.7. The molecule has 9 nitrogen and oxygen atoms in total. The van der Waals surface area contributed by atoms with Gasteiger partial charge in [0.05, 0.1) is 23.9 Å². The lowest BCUT2D eigenvalue weighted by Crippen LogP contribution is -2.47. The van der Waals surface area contributed by atoms with E-state index in [1.165, 1.54) is 6.92 Å². The standard InChI is InChI=1S/C24H25Cl3N4O5/c1-13(22(33)28-10-9-21(32)24(35)36-2)29-23(34)18-12-20(14-3-5-15(25)6-4-14)31(30-18)19-8-7-16(26)11-17(19)27/h3-8,11,13,20-21,32H,9-10,12H2,1-2H3,(H,28,33)(H,29,34). The topological polar surface area (TPSA) is 120 Å². The van der Waals surface area contributed by atoms with E-state index < -0.39 is 29.9 Å². The predicted molar refractivity (Wildman–Crippen MR) is 138 cm³/mol. The van der Waals surface area contributed by atoms with Crippen LogP contribution in [0.25, 0.3) is 0 Å². The third kappa shape index (κ3) is 6.88. The summed E-state index contributed by atoms with van der Waals surface area (Å²) in [6, 6.07) is 10.9. The average Bonchev–Trinajstić information content (AvgIpc) is 3.29. The molecule has 1 aliphatic rings. The number of methoxy groups -OCH3 is 1. The second kappa shape index (κ2) is 12.4. The predicted octanol–water partition coefficient (Wildman–Crippen LogP) is 3.50. The average molecular weight is 556 g/mol. The van der Waals surface area contributed by atoms with Crippen LogP contribution in [0, 0.1) is 0 Å². The number of hydrazone groups is 1. The fourth-order valence-corrected chi connectivity index (χ4v) is 4.19. The Morgan fingerprint density at radius 1 is 1.14 bits per heavy atom. The second-order valence-corrected chi connectivity index (χ2v) is 9.35. The fraction of sp³-hybridized carbons (Fsp3) is 0.333. The zero-order valence-electron chi connectivity index (χ0n) is 19.5. The Balaban J connectivity index is 1.71. The van der Waals surface area contributed by atoms with Crippen molar-refractivity contribution in [3.8, 4) is 0 Å². The molecular weight excluding hydrogens is 531 g/mol. The third-order valence-corrected chi connectivity index (χ3v) is 6.30. The number of ether oxygens (including phenoxy) is 1. The molecule has 0 bridgehead atoms. The van der Waals surface area contributed by atoms with Crippen LogP contribution in [0.4, 0.5) is 5.69 Å². The first-order valence-corrected chi connectivity index (χ1v) is 12.2. The molecule has 0 aliphatic carbocycles. The van der Waals surface area contributed by atoms with Crippen LogP contribution >= 0.6 is 34.8 Å². The number of carbonyl (C=O) groups is 3. The van der Waals surface area contributed by atoms with Crippen LogP contribution in [-0.4, -0.2) is 54.4 Å². The largest absolute Gasteiger partial charge is 0.467 e. The number of anilines is 1. The van der Waals surface area contributed by atoms with Gasteiger partial charge < -0.3 is 20.5 Å². The minimum atomic E-state index is -1.34. The highest BCUT2D eigenvalue weighted by Crippen LogP contribution is 2.39. The zero-order chi connectivity index (χ0) is 26.4. The smallest absolute Gasteiger partial charge is 0.334 e. The second-order valence-electron chi connectivity index (χ2n) is 8.07. The van der Waals surface area contributed by atoms with Gasteiger partial charge in [-0.3, -0.25) is 14.6 Å². The van der Waals surface area contributed by atoms with Crippen molar-refractivity contribution >= 4 is 64.0 Å². The molecule has 2 aromatic rings. The van der Waals surface area contributed by atoms with Crippen molar-refractivity contribution in [1.82, 2.24) is 10.6 Å². The Bertz CT molecular complexity index is 1160. The van der Waals surface area contributed by atoms with Gasteiger partial charge in [0.1, 0.15) is 11.8 Å². The molecule has 0 saturated heterocycles. The lowest BCUT2D eigenvalue weighted by molar-refractivity contribution is -0.150. The van der Waals surface area contributed by atoms with Crippen molar-refractivity contribution in [3.05, 3.63) is 63.1 Å². The highest BCUT2D eigenvalue weighted by Gasteiger charge is 2.34. The van der Waals surface area contributed by atoms with E-state index in [2.05, 4.69) is 20.5 Å². The number of nitrogens with zero attached hydrogens (tertiary/aromatic N) is 2. The molecule has 0 spiro atoms. The molecule has 0 saturated carbocycles. The molecule has 1 heterocycles. The molecule has 12 heteroatoms. The Morgan fingerprint density at radius 3 is 2.44 bits per heavy atom. The van der Waals surface area contributed by atoms with E-state index in [4.69, 9.17) is 34.8 Å². The third-order valence-electron chi connectivity index (χ3n) is 5.51. The summed E-state index contributed by atoms with van der Waals surface area (Å²) in [5.41, 5.74) is 1.65. The Hall–Kier alpha value is -2.85. The summed E-state index contributed by atoms with van der Waals surface area (Å²) in [6.07, 6.45) is -1.11. The summed E-state index contributed by atoms with van der Waals surface area (Å²) in [5, 5.41) is 22.4. The van der Waals surface area contributed by atoms with E-state index >= 15 is 0 Å². The molecule has 1 aliphatic heterocycles. The maximum atomic E-state index is 13.0. The van der Waals surface area contributed by atoms with Crippen molar-refractivity contribution in [2.45, 2.75) is 38.0 Å². The Labute approximate surface area is 223 Å². The van der Waals surface area contributed by atoms with E-state index in [9.17, 15) is 19.5 Å². The highest BCUT2D eigenvalue weighted by atomic mass is 35.5. The molecule has 0 fully saturated rings. The SMILES string of the molecule is COC(=O)C(O)CCNC(=O)C(C)NC(=O)C1=NN(c2ccc(Cl)cc2Cl)C(c2ccc(Cl)cc2)C1. The number of rotatable bonds is 9. The van der Waals surface area contributed by atoms with Crippen molar-refractivity contribution in [2.75, 3.05) is 18.7 Å². The van der Waals surface area contributed by atoms with Gasteiger partial charge in [0.25, 0.3) is 5.91 Å². The van der Waals surface area contributed by atoms with Gasteiger partial charge in [0.2, 0.25) is 5.91 Å². The molecule has 3 unspecified atom stereocenters. The van der Waals surface area contributed by atoms with Crippen LogP contribution in [-0.2, 0) is 19.1 Å². The molecule has 2 aromatic carbocycles. The fourth-order valence-electron chi connectivity index (χ4n) is 3.57. The van der Waals surface area contributed by atoms with Crippen molar-refractivity contribution in [2.24, 2.45) is 5.10 Å². The summed E-state index contributed by atoms with van der Waals surface area (Å²) in [4.78, 5) is 36.6. The highest BCUT2D eigenvalue weighted by molar-refractivity contribution is 6.40. The van der Waals surface area contributed by atoms with Gasteiger partial charge >= 0.3 is 5.97 Å². The summed E-state index contributed by atoms with van der Waals surface area (Å²) in [5.74, 6) is -1.78. The first-order chi connectivity index (χ1) is 17.1. The molecular formula is C24H25Cl3N4O5. The lowest BCUT2D eigenvalue weighted by atomic mass is 10.0. The van der Waals surface area contributed by atoms with Gasteiger partial charge in [-0.05, 0) is 42.8 Å².